The van der Waals surface area contributed by atoms with Crippen LogP contribution in [-0.2, 0) is 6.42 Å². The number of rotatable bonds is 9. The zero-order valence-electron chi connectivity index (χ0n) is 15.4. The molecule has 1 aromatic carbocycles. The summed E-state index contributed by atoms with van der Waals surface area (Å²) in [6, 6.07) is 6.37. The number of aryl methyl sites for hydroxylation is 1. The van der Waals surface area contributed by atoms with Crippen molar-refractivity contribution in [3.63, 3.8) is 0 Å². The minimum Gasteiger partial charge on any atom is -0.398 e. The Morgan fingerprint density at radius 1 is 1.33 bits per heavy atom. The summed E-state index contributed by atoms with van der Waals surface area (Å²) in [5.41, 5.74) is 8.36. The summed E-state index contributed by atoms with van der Waals surface area (Å²) in [6.07, 6.45) is 10.5. The molecule has 1 unspecified atom stereocenters. The van der Waals surface area contributed by atoms with E-state index in [-0.39, 0.29) is 0 Å². The topological polar surface area (TPSA) is 38.0 Å². The Morgan fingerprint density at radius 2 is 2.08 bits per heavy atom. The summed E-state index contributed by atoms with van der Waals surface area (Å²) >= 11 is 1.77. The summed E-state index contributed by atoms with van der Waals surface area (Å²) < 4.78 is 0. The lowest BCUT2D eigenvalue weighted by atomic mass is 9.78. The Morgan fingerprint density at radius 3 is 2.75 bits per heavy atom. The average molecular weight is 347 g/mol. The first kappa shape index (κ1) is 19.4. The van der Waals surface area contributed by atoms with Crippen LogP contribution in [0.25, 0.3) is 0 Å². The van der Waals surface area contributed by atoms with E-state index < -0.39 is 0 Å². The summed E-state index contributed by atoms with van der Waals surface area (Å²) in [4.78, 5) is 2.41. The molecule has 1 fully saturated rings. The average Bonchev–Trinajstić information content (AvgIpc) is 2.61. The van der Waals surface area contributed by atoms with Gasteiger partial charge in [0, 0.05) is 10.6 Å². The second kappa shape index (κ2) is 10.1. The largest absolute Gasteiger partial charge is 0.398 e. The van der Waals surface area contributed by atoms with Gasteiger partial charge in [-0.3, -0.25) is 0 Å². The Hall–Kier alpha value is -0.930. The third-order valence-electron chi connectivity index (χ3n) is 5.32. The maximum atomic E-state index is 6.14. The number of benzene rings is 1. The van der Waals surface area contributed by atoms with Crippen molar-refractivity contribution in [3.05, 3.63) is 35.2 Å². The molecule has 1 aromatic rings. The van der Waals surface area contributed by atoms with Gasteiger partial charge < -0.3 is 11.1 Å². The molecule has 0 spiro atoms. The highest BCUT2D eigenvalue weighted by atomic mass is 32.2. The number of allylic oxidation sites excluding steroid dienone is 1. The van der Waals surface area contributed by atoms with Gasteiger partial charge in [-0.2, -0.15) is 0 Å². The van der Waals surface area contributed by atoms with Crippen LogP contribution in [-0.4, -0.2) is 13.6 Å². The molecule has 0 bridgehead atoms. The van der Waals surface area contributed by atoms with Gasteiger partial charge in [-0.1, -0.05) is 63.4 Å². The lowest BCUT2D eigenvalue weighted by Crippen LogP contribution is -2.27. The van der Waals surface area contributed by atoms with Gasteiger partial charge in [0.15, 0.2) is 0 Å². The van der Waals surface area contributed by atoms with Crippen LogP contribution in [0.5, 0.6) is 0 Å². The SMILES string of the molecule is C=C(CCC(CNC)C1CCCCC1)Sc1cc(CC)ccc1N. The molecule has 1 saturated carbocycles. The maximum Gasteiger partial charge on any atom is 0.0455 e. The molecule has 2 rings (SSSR count). The Balaban J connectivity index is 1.88. The minimum absolute atomic E-state index is 0.784. The zero-order chi connectivity index (χ0) is 17.4. The van der Waals surface area contributed by atoms with E-state index in [9.17, 15) is 0 Å². The summed E-state index contributed by atoms with van der Waals surface area (Å²) in [5, 5.41) is 3.41. The predicted molar refractivity (Wildman–Crippen MR) is 108 cm³/mol. The highest BCUT2D eigenvalue weighted by molar-refractivity contribution is 8.03. The number of hydrogen-bond donors (Lipinski definition) is 2. The molecular formula is C21H34N2S. The number of nitrogen functional groups attached to an aromatic ring is 1. The first-order chi connectivity index (χ1) is 11.6. The molecule has 1 aliphatic carbocycles. The van der Waals surface area contributed by atoms with Crippen molar-refractivity contribution in [1.82, 2.24) is 5.32 Å². The molecule has 0 aromatic heterocycles. The van der Waals surface area contributed by atoms with Crippen molar-refractivity contribution in [1.29, 1.82) is 0 Å². The van der Waals surface area contributed by atoms with E-state index in [2.05, 4.69) is 38.0 Å². The fourth-order valence-corrected chi connectivity index (χ4v) is 4.74. The molecule has 3 N–H and O–H groups in total. The van der Waals surface area contributed by atoms with E-state index in [0.29, 0.717) is 0 Å². The first-order valence-electron chi connectivity index (χ1n) is 9.52. The fourth-order valence-electron chi connectivity index (χ4n) is 3.81. The normalized spacial score (nSPS) is 16.9. The van der Waals surface area contributed by atoms with Crippen LogP contribution in [0.2, 0.25) is 0 Å². The van der Waals surface area contributed by atoms with E-state index in [0.717, 1.165) is 36.9 Å². The van der Waals surface area contributed by atoms with E-state index in [1.165, 1.54) is 53.9 Å². The van der Waals surface area contributed by atoms with Gasteiger partial charge in [0.05, 0.1) is 0 Å². The molecular weight excluding hydrogens is 312 g/mol. The highest BCUT2D eigenvalue weighted by Gasteiger charge is 2.23. The lowest BCUT2D eigenvalue weighted by Gasteiger charge is -2.30. The summed E-state index contributed by atoms with van der Waals surface area (Å²) in [7, 11) is 2.08. The molecule has 0 amide bonds. The first-order valence-corrected chi connectivity index (χ1v) is 10.3. The second-order valence-corrected chi connectivity index (χ2v) is 8.34. The van der Waals surface area contributed by atoms with Crippen molar-refractivity contribution in [2.75, 3.05) is 19.3 Å². The number of hydrogen-bond acceptors (Lipinski definition) is 3. The maximum absolute atomic E-state index is 6.14. The minimum atomic E-state index is 0.784. The molecule has 0 saturated heterocycles. The van der Waals surface area contributed by atoms with Gasteiger partial charge in [-0.15, -0.1) is 0 Å². The third kappa shape index (κ3) is 5.86. The van der Waals surface area contributed by atoms with Crippen LogP contribution in [0, 0.1) is 11.8 Å². The third-order valence-corrected chi connectivity index (χ3v) is 6.38. The monoisotopic (exact) mass is 346 g/mol. The quantitative estimate of drug-likeness (QED) is 0.449. The molecule has 1 atom stereocenters. The smallest absolute Gasteiger partial charge is 0.0455 e. The second-order valence-electron chi connectivity index (χ2n) is 7.12. The van der Waals surface area contributed by atoms with Gasteiger partial charge in [-0.05, 0) is 67.3 Å². The highest BCUT2D eigenvalue weighted by Crippen LogP contribution is 2.37. The molecule has 0 aliphatic heterocycles. The molecule has 2 nitrogen and oxygen atoms in total. The predicted octanol–water partition coefficient (Wildman–Crippen LogP) is 5.63. The van der Waals surface area contributed by atoms with Crippen molar-refractivity contribution in [2.45, 2.75) is 63.2 Å². The van der Waals surface area contributed by atoms with Crippen LogP contribution < -0.4 is 11.1 Å². The Bertz CT molecular complexity index is 521. The number of thioether (sulfide) groups is 1. The standard InChI is InChI=1S/C21H34N2S/c1-4-17-11-13-20(22)21(14-17)24-16(2)10-12-19(15-23-3)18-8-6-5-7-9-18/h11,13-14,18-19,23H,2,4-10,12,15,22H2,1,3H3. The number of nitrogens with two attached hydrogens (primary N) is 1. The molecule has 1 aliphatic rings. The number of nitrogens with one attached hydrogen (secondary N) is 1. The molecule has 24 heavy (non-hydrogen) atoms. The van der Waals surface area contributed by atoms with E-state index >= 15 is 0 Å². The summed E-state index contributed by atoms with van der Waals surface area (Å²) in [6.45, 7) is 7.63. The molecule has 134 valence electrons. The van der Waals surface area contributed by atoms with Crippen molar-refractivity contribution in [3.8, 4) is 0 Å². The molecule has 3 heteroatoms. The van der Waals surface area contributed by atoms with Crippen molar-refractivity contribution < 1.29 is 0 Å². The van der Waals surface area contributed by atoms with Crippen LogP contribution in [0.3, 0.4) is 0 Å². The molecule has 0 heterocycles. The Labute approximate surface area is 152 Å². The van der Waals surface area contributed by atoms with Gasteiger partial charge in [-0.25, -0.2) is 0 Å². The molecule has 0 radical (unpaired) electrons. The van der Waals surface area contributed by atoms with E-state index in [4.69, 9.17) is 5.73 Å². The van der Waals surface area contributed by atoms with E-state index in [1.807, 2.05) is 6.07 Å². The Kier molecular flexibility index (Phi) is 8.20. The van der Waals surface area contributed by atoms with Crippen molar-refractivity contribution in [2.24, 2.45) is 11.8 Å². The van der Waals surface area contributed by atoms with Gasteiger partial charge >= 0.3 is 0 Å². The lowest BCUT2D eigenvalue weighted by molar-refractivity contribution is 0.233. The van der Waals surface area contributed by atoms with Gasteiger partial charge in [0.25, 0.3) is 0 Å². The van der Waals surface area contributed by atoms with Crippen molar-refractivity contribution >= 4 is 17.4 Å². The van der Waals surface area contributed by atoms with E-state index in [1.54, 1.807) is 11.8 Å². The van der Waals surface area contributed by atoms with Gasteiger partial charge in [0.1, 0.15) is 0 Å². The van der Waals surface area contributed by atoms with Crippen LogP contribution in [0.1, 0.15) is 57.4 Å². The fraction of sp³-hybridized carbons (Fsp3) is 0.619. The van der Waals surface area contributed by atoms with Crippen LogP contribution >= 0.6 is 11.8 Å². The number of anilines is 1. The summed E-state index contributed by atoms with van der Waals surface area (Å²) in [5.74, 6) is 1.68. The van der Waals surface area contributed by atoms with Crippen LogP contribution in [0.15, 0.2) is 34.6 Å². The zero-order valence-corrected chi connectivity index (χ0v) is 16.3. The van der Waals surface area contributed by atoms with Crippen LogP contribution in [0.4, 0.5) is 5.69 Å². The van der Waals surface area contributed by atoms with Gasteiger partial charge in [0.2, 0.25) is 0 Å².